The number of hydrogen-bond acceptors (Lipinski definition) is 4. The second-order valence-electron chi connectivity index (χ2n) is 5.50. The van der Waals surface area contributed by atoms with E-state index in [1.165, 1.54) is 6.42 Å². The quantitative estimate of drug-likeness (QED) is 0.796. The van der Waals surface area contributed by atoms with Gasteiger partial charge in [-0.25, -0.2) is 0 Å². The monoisotopic (exact) mass is 316 g/mol. The minimum Gasteiger partial charge on any atom is -0.341 e. The maximum atomic E-state index is 12.6. The molecule has 114 valence electrons. The van der Waals surface area contributed by atoms with Crippen LogP contribution in [0, 0.1) is 0 Å². The SMILES string of the molecule is CCS[C@@H]1CC[C@@H](N(C)C(=O)[C@H]2CSCN2C(C)=O)C1. The highest BCUT2D eigenvalue weighted by Gasteiger charge is 2.38. The Morgan fingerprint density at radius 3 is 2.80 bits per heavy atom. The predicted molar refractivity (Wildman–Crippen MR) is 86.0 cm³/mol. The van der Waals surface area contributed by atoms with E-state index in [2.05, 4.69) is 6.92 Å². The molecule has 3 atom stereocenters. The molecule has 20 heavy (non-hydrogen) atoms. The maximum absolute atomic E-state index is 12.6. The van der Waals surface area contributed by atoms with Crippen LogP contribution in [-0.2, 0) is 9.59 Å². The predicted octanol–water partition coefficient (Wildman–Crippen LogP) is 2.04. The molecule has 0 aromatic heterocycles. The Labute approximate surface area is 130 Å². The highest BCUT2D eigenvalue weighted by Crippen LogP contribution is 2.33. The molecular formula is C14H24N2O2S2. The number of likely N-dealkylation sites (N-methyl/N-ethyl adjacent to an activating group) is 1. The Morgan fingerprint density at radius 1 is 1.40 bits per heavy atom. The topological polar surface area (TPSA) is 40.6 Å². The molecule has 0 unspecified atom stereocenters. The molecule has 2 rings (SSSR count). The number of hydrogen-bond donors (Lipinski definition) is 0. The van der Waals surface area contributed by atoms with Crippen molar-refractivity contribution in [2.45, 2.75) is 50.4 Å². The Kier molecular flexibility index (Phi) is 5.66. The fourth-order valence-electron chi connectivity index (χ4n) is 3.03. The lowest BCUT2D eigenvalue weighted by Crippen LogP contribution is -2.49. The van der Waals surface area contributed by atoms with Gasteiger partial charge in [-0.3, -0.25) is 9.59 Å². The van der Waals surface area contributed by atoms with Crippen LogP contribution < -0.4 is 0 Å². The lowest BCUT2D eigenvalue weighted by molar-refractivity contribution is -0.142. The molecule has 1 aliphatic heterocycles. The minimum absolute atomic E-state index is 0.00703. The van der Waals surface area contributed by atoms with E-state index in [-0.39, 0.29) is 17.9 Å². The van der Waals surface area contributed by atoms with Crippen LogP contribution in [0.15, 0.2) is 0 Å². The van der Waals surface area contributed by atoms with E-state index in [9.17, 15) is 9.59 Å². The molecular weight excluding hydrogens is 292 g/mol. The van der Waals surface area contributed by atoms with Gasteiger partial charge in [0.2, 0.25) is 11.8 Å². The molecule has 1 saturated carbocycles. The van der Waals surface area contributed by atoms with Crippen LogP contribution in [0.1, 0.15) is 33.1 Å². The van der Waals surface area contributed by atoms with Gasteiger partial charge < -0.3 is 9.80 Å². The van der Waals surface area contributed by atoms with Crippen LogP contribution >= 0.6 is 23.5 Å². The van der Waals surface area contributed by atoms with Crippen molar-refractivity contribution in [2.24, 2.45) is 0 Å². The second kappa shape index (κ2) is 7.07. The molecule has 0 spiro atoms. The molecule has 0 bridgehead atoms. The van der Waals surface area contributed by atoms with Crippen LogP contribution in [-0.4, -0.2) is 63.4 Å². The Balaban J connectivity index is 1.93. The van der Waals surface area contributed by atoms with Crippen molar-refractivity contribution in [3.63, 3.8) is 0 Å². The molecule has 1 heterocycles. The third kappa shape index (κ3) is 3.45. The molecule has 0 radical (unpaired) electrons. The van der Waals surface area contributed by atoms with Crippen molar-refractivity contribution in [3.05, 3.63) is 0 Å². The molecule has 2 amide bonds. The molecule has 0 aromatic rings. The van der Waals surface area contributed by atoms with Gasteiger partial charge in [-0.2, -0.15) is 11.8 Å². The Bertz CT molecular complexity index is 378. The summed E-state index contributed by atoms with van der Waals surface area (Å²) in [4.78, 5) is 27.8. The van der Waals surface area contributed by atoms with Crippen molar-refractivity contribution in [1.82, 2.24) is 9.80 Å². The van der Waals surface area contributed by atoms with E-state index in [4.69, 9.17) is 0 Å². The average molecular weight is 316 g/mol. The zero-order valence-corrected chi connectivity index (χ0v) is 14.1. The number of rotatable bonds is 4. The lowest BCUT2D eigenvalue weighted by atomic mass is 10.2. The number of carbonyl (C=O) groups excluding carboxylic acids is 2. The molecule has 1 saturated heterocycles. The summed E-state index contributed by atoms with van der Waals surface area (Å²) in [5.41, 5.74) is 0. The average Bonchev–Trinajstić information content (AvgIpc) is 3.06. The first-order valence-electron chi connectivity index (χ1n) is 7.27. The molecule has 4 nitrogen and oxygen atoms in total. The minimum atomic E-state index is -0.250. The molecule has 6 heteroatoms. The third-order valence-corrected chi connectivity index (χ3v) is 6.47. The van der Waals surface area contributed by atoms with E-state index in [1.807, 2.05) is 23.7 Å². The molecule has 2 aliphatic rings. The number of nitrogens with zero attached hydrogens (tertiary/aromatic N) is 2. The molecule has 2 fully saturated rings. The second-order valence-corrected chi connectivity index (χ2v) is 8.07. The van der Waals surface area contributed by atoms with Crippen molar-refractivity contribution in [2.75, 3.05) is 24.4 Å². The summed E-state index contributed by atoms with van der Waals surface area (Å²) in [5, 5.41) is 0.696. The van der Waals surface area contributed by atoms with Crippen molar-refractivity contribution in [3.8, 4) is 0 Å². The van der Waals surface area contributed by atoms with Gasteiger partial charge >= 0.3 is 0 Å². The van der Waals surface area contributed by atoms with Gasteiger partial charge in [-0.15, -0.1) is 11.8 Å². The van der Waals surface area contributed by atoms with Gasteiger partial charge in [-0.1, -0.05) is 6.92 Å². The third-order valence-electron chi connectivity index (χ3n) is 4.23. The van der Waals surface area contributed by atoms with E-state index >= 15 is 0 Å². The Morgan fingerprint density at radius 2 is 2.15 bits per heavy atom. The van der Waals surface area contributed by atoms with Gasteiger partial charge in [0.15, 0.2) is 0 Å². The largest absolute Gasteiger partial charge is 0.341 e. The fourth-order valence-corrected chi connectivity index (χ4v) is 5.37. The first kappa shape index (κ1) is 16.0. The zero-order chi connectivity index (χ0) is 14.7. The van der Waals surface area contributed by atoms with Crippen molar-refractivity contribution < 1.29 is 9.59 Å². The first-order chi connectivity index (χ1) is 9.54. The summed E-state index contributed by atoms with van der Waals surface area (Å²) in [7, 11) is 1.91. The van der Waals surface area contributed by atoms with Gasteiger partial charge in [-0.05, 0) is 25.0 Å². The maximum Gasteiger partial charge on any atom is 0.246 e. The van der Waals surface area contributed by atoms with E-state index < -0.39 is 0 Å². The molecule has 0 N–H and O–H groups in total. The van der Waals surface area contributed by atoms with Crippen LogP contribution in [0.2, 0.25) is 0 Å². The Hall–Kier alpha value is -0.360. The van der Waals surface area contributed by atoms with Gasteiger partial charge in [0.25, 0.3) is 0 Å². The van der Waals surface area contributed by atoms with E-state index in [0.717, 1.165) is 24.3 Å². The number of thioether (sulfide) groups is 2. The van der Waals surface area contributed by atoms with Gasteiger partial charge in [0.05, 0.1) is 5.88 Å². The number of carbonyl (C=O) groups is 2. The number of amides is 2. The highest BCUT2D eigenvalue weighted by atomic mass is 32.2. The summed E-state index contributed by atoms with van der Waals surface area (Å²) in [6.45, 7) is 3.74. The normalized spacial score (nSPS) is 29.8. The molecule has 0 aromatic carbocycles. The van der Waals surface area contributed by atoms with Gasteiger partial charge in [0.1, 0.15) is 6.04 Å². The fraction of sp³-hybridized carbons (Fsp3) is 0.857. The van der Waals surface area contributed by atoms with Crippen LogP contribution in [0.25, 0.3) is 0 Å². The summed E-state index contributed by atoms with van der Waals surface area (Å²) in [6.07, 6.45) is 3.40. The standard InChI is InChI=1S/C14H24N2O2S2/c1-4-20-12-6-5-11(7-12)15(3)14(18)13-8-19-9-16(13)10(2)17/h11-13H,4-9H2,1-3H3/t11-,12-,13-/m1/s1. The van der Waals surface area contributed by atoms with Gasteiger partial charge in [0, 0.05) is 31.0 Å². The van der Waals surface area contributed by atoms with Crippen LogP contribution in [0.5, 0.6) is 0 Å². The highest BCUT2D eigenvalue weighted by molar-refractivity contribution is 8.00. The van der Waals surface area contributed by atoms with Crippen LogP contribution in [0.4, 0.5) is 0 Å². The summed E-state index contributed by atoms with van der Waals surface area (Å²) >= 11 is 3.67. The molecule has 1 aliphatic carbocycles. The lowest BCUT2D eigenvalue weighted by Gasteiger charge is -2.30. The van der Waals surface area contributed by atoms with Crippen molar-refractivity contribution >= 4 is 35.3 Å². The summed E-state index contributed by atoms with van der Waals surface area (Å²) in [5.74, 6) is 2.66. The van der Waals surface area contributed by atoms with Crippen LogP contribution in [0.3, 0.4) is 0 Å². The summed E-state index contributed by atoms with van der Waals surface area (Å²) in [6, 6.07) is 0.103. The summed E-state index contributed by atoms with van der Waals surface area (Å²) < 4.78 is 0. The smallest absolute Gasteiger partial charge is 0.246 e. The first-order valence-corrected chi connectivity index (χ1v) is 9.48. The van der Waals surface area contributed by atoms with Crippen molar-refractivity contribution in [1.29, 1.82) is 0 Å². The van der Waals surface area contributed by atoms with E-state index in [0.29, 0.717) is 17.2 Å². The zero-order valence-electron chi connectivity index (χ0n) is 12.5. The van der Waals surface area contributed by atoms with E-state index in [1.54, 1.807) is 23.6 Å².